The maximum Gasteiger partial charge on any atom is 0.253 e. The minimum atomic E-state index is -3.32. The zero-order valence-corrected chi connectivity index (χ0v) is 28.6. The fourth-order valence-corrected chi connectivity index (χ4v) is 8.94. The number of hydrogen-bond acceptors (Lipinski definition) is 6. The van der Waals surface area contributed by atoms with Crippen molar-refractivity contribution < 1.29 is 26.4 Å². The van der Waals surface area contributed by atoms with Crippen molar-refractivity contribution in [1.82, 2.24) is 18.4 Å². The summed E-state index contributed by atoms with van der Waals surface area (Å²) in [5, 5.41) is 0. The topological polar surface area (TPSA) is 115 Å². The molecule has 0 aliphatic carbocycles. The summed E-state index contributed by atoms with van der Waals surface area (Å²) in [4.78, 5) is 29.5. The lowest BCUT2D eigenvalue weighted by Gasteiger charge is -2.34. The lowest BCUT2D eigenvalue weighted by Crippen LogP contribution is -2.51. The van der Waals surface area contributed by atoms with E-state index in [4.69, 9.17) is 0 Å². The average Bonchev–Trinajstić information content (AvgIpc) is 3.04. The first-order valence-corrected chi connectivity index (χ1v) is 19.9. The van der Waals surface area contributed by atoms with Crippen molar-refractivity contribution in [2.45, 2.75) is 90.9 Å². The zero-order valence-electron chi connectivity index (χ0n) is 26.9. The Labute approximate surface area is 266 Å². The standard InChI is InChI=1S/C32H54N4O6S2/c1-3-5-7-9-11-13-27-43(39,40)35-23-19-33(20-24-35)31(37)29-15-17-30(18-16-29)32(38)34-21-25-36(26-22-34)44(41,42)28-14-12-10-8-6-4-2/h15-18H,3-14,19-28H2,1-2H3. The van der Waals surface area contributed by atoms with Gasteiger partial charge in [0.15, 0.2) is 0 Å². The molecule has 250 valence electrons. The predicted octanol–water partition coefficient (Wildman–Crippen LogP) is 4.58. The van der Waals surface area contributed by atoms with E-state index < -0.39 is 20.0 Å². The van der Waals surface area contributed by atoms with E-state index in [9.17, 15) is 26.4 Å². The molecule has 2 aliphatic rings. The van der Waals surface area contributed by atoms with Gasteiger partial charge >= 0.3 is 0 Å². The highest BCUT2D eigenvalue weighted by atomic mass is 32.2. The van der Waals surface area contributed by atoms with Crippen molar-refractivity contribution >= 4 is 31.9 Å². The van der Waals surface area contributed by atoms with Crippen LogP contribution in [0.3, 0.4) is 0 Å². The molecule has 1 aromatic carbocycles. The van der Waals surface area contributed by atoms with Crippen molar-refractivity contribution in [2.24, 2.45) is 0 Å². The third kappa shape index (κ3) is 11.1. The monoisotopic (exact) mass is 654 g/mol. The van der Waals surface area contributed by atoms with Crippen molar-refractivity contribution in [2.75, 3.05) is 63.9 Å². The van der Waals surface area contributed by atoms with Gasteiger partial charge in [-0.3, -0.25) is 9.59 Å². The summed E-state index contributed by atoms with van der Waals surface area (Å²) >= 11 is 0. The zero-order chi connectivity index (χ0) is 32.0. The quantitative estimate of drug-likeness (QED) is 0.214. The SMILES string of the molecule is CCCCCCCCS(=O)(=O)N1CCN(C(=O)c2ccc(C(=O)N3CCN(S(=O)(=O)CCCCCCCC)CC3)cc2)CC1. The summed E-state index contributed by atoms with van der Waals surface area (Å²) in [5.41, 5.74) is 0.908. The fraction of sp³-hybridized carbons (Fsp3) is 0.750. The number of benzene rings is 1. The van der Waals surface area contributed by atoms with Crippen LogP contribution in [0.15, 0.2) is 24.3 Å². The molecule has 2 saturated heterocycles. The molecule has 0 saturated carbocycles. The van der Waals surface area contributed by atoms with Gasteiger partial charge in [-0.25, -0.2) is 16.8 Å². The molecule has 44 heavy (non-hydrogen) atoms. The predicted molar refractivity (Wildman–Crippen MR) is 176 cm³/mol. The Balaban J connectivity index is 1.41. The first-order chi connectivity index (χ1) is 21.1. The van der Waals surface area contributed by atoms with Crippen LogP contribution in [0.4, 0.5) is 0 Å². The summed E-state index contributed by atoms with van der Waals surface area (Å²) < 4.78 is 54.0. The van der Waals surface area contributed by atoms with Gasteiger partial charge in [-0.1, -0.05) is 78.1 Å². The van der Waals surface area contributed by atoms with Crippen LogP contribution in [-0.4, -0.2) is 111 Å². The van der Waals surface area contributed by atoms with Crippen LogP contribution >= 0.6 is 0 Å². The molecule has 1 aromatic rings. The molecule has 2 amide bonds. The Kier molecular flexibility index (Phi) is 15.1. The summed E-state index contributed by atoms with van der Waals surface area (Å²) in [6.07, 6.45) is 12.3. The molecule has 2 fully saturated rings. The summed E-state index contributed by atoms with van der Waals surface area (Å²) in [5.74, 6) is -0.0403. The van der Waals surface area contributed by atoms with Crippen LogP contribution in [0, 0.1) is 0 Å². The van der Waals surface area contributed by atoms with Crippen LogP contribution in [0.25, 0.3) is 0 Å². The molecule has 0 radical (unpaired) electrons. The lowest BCUT2D eigenvalue weighted by molar-refractivity contribution is 0.0687. The number of rotatable bonds is 18. The molecule has 0 atom stereocenters. The molecule has 2 heterocycles. The lowest BCUT2D eigenvalue weighted by atomic mass is 10.1. The second-order valence-corrected chi connectivity index (χ2v) is 16.3. The summed E-state index contributed by atoms with van der Waals surface area (Å²) in [6, 6.07) is 6.55. The van der Waals surface area contributed by atoms with Crippen LogP contribution < -0.4 is 0 Å². The number of piperazine rings is 2. The van der Waals surface area contributed by atoms with Crippen LogP contribution in [0.2, 0.25) is 0 Å². The molecule has 0 N–H and O–H groups in total. The Hall–Kier alpha value is -2.02. The van der Waals surface area contributed by atoms with Crippen LogP contribution in [-0.2, 0) is 20.0 Å². The van der Waals surface area contributed by atoms with E-state index in [1.807, 2.05) is 0 Å². The van der Waals surface area contributed by atoms with E-state index in [0.717, 1.165) is 51.4 Å². The molecule has 0 unspecified atom stereocenters. The Morgan fingerprint density at radius 1 is 0.500 bits per heavy atom. The molecule has 10 nitrogen and oxygen atoms in total. The molecule has 0 spiro atoms. The van der Waals surface area contributed by atoms with Gasteiger partial charge in [0.2, 0.25) is 20.0 Å². The van der Waals surface area contributed by atoms with E-state index in [-0.39, 0.29) is 23.3 Å². The van der Waals surface area contributed by atoms with Gasteiger partial charge in [0, 0.05) is 63.5 Å². The third-order valence-electron chi connectivity index (χ3n) is 8.73. The fourth-order valence-electron chi connectivity index (χ4n) is 5.85. The van der Waals surface area contributed by atoms with Gasteiger partial charge in [0.25, 0.3) is 11.8 Å². The molecule has 0 bridgehead atoms. The smallest absolute Gasteiger partial charge is 0.253 e. The molecule has 3 rings (SSSR count). The number of carbonyl (C=O) groups is 2. The number of carbonyl (C=O) groups excluding carboxylic acids is 2. The first kappa shape index (κ1) is 36.4. The second kappa shape index (κ2) is 18.2. The first-order valence-electron chi connectivity index (χ1n) is 16.7. The third-order valence-corrected chi connectivity index (χ3v) is 12.6. The van der Waals surface area contributed by atoms with Gasteiger partial charge in [-0.05, 0) is 37.1 Å². The maximum atomic E-state index is 13.1. The highest BCUT2D eigenvalue weighted by Crippen LogP contribution is 2.17. The highest BCUT2D eigenvalue weighted by molar-refractivity contribution is 7.89. The molecular weight excluding hydrogens is 601 g/mol. The van der Waals surface area contributed by atoms with E-state index in [1.54, 1.807) is 34.1 Å². The Morgan fingerprint density at radius 3 is 1.11 bits per heavy atom. The minimum Gasteiger partial charge on any atom is -0.336 e. The van der Waals surface area contributed by atoms with E-state index in [0.29, 0.717) is 76.3 Å². The Morgan fingerprint density at radius 2 is 0.795 bits per heavy atom. The molecule has 2 aliphatic heterocycles. The van der Waals surface area contributed by atoms with Gasteiger partial charge in [-0.2, -0.15) is 8.61 Å². The van der Waals surface area contributed by atoms with E-state index in [2.05, 4.69) is 13.8 Å². The van der Waals surface area contributed by atoms with Gasteiger partial charge < -0.3 is 9.80 Å². The van der Waals surface area contributed by atoms with Gasteiger partial charge in [0.05, 0.1) is 11.5 Å². The molecular formula is C32H54N4O6S2. The summed E-state index contributed by atoms with van der Waals surface area (Å²) in [6.45, 7) is 6.82. The number of amides is 2. The second-order valence-electron chi connectivity index (χ2n) is 12.1. The average molecular weight is 655 g/mol. The van der Waals surface area contributed by atoms with Crippen molar-refractivity contribution in [3.63, 3.8) is 0 Å². The van der Waals surface area contributed by atoms with Crippen molar-refractivity contribution in [1.29, 1.82) is 0 Å². The Bertz CT molecular complexity index is 1140. The van der Waals surface area contributed by atoms with E-state index in [1.165, 1.54) is 21.5 Å². The van der Waals surface area contributed by atoms with Crippen molar-refractivity contribution in [3.05, 3.63) is 35.4 Å². The normalized spacial score (nSPS) is 17.2. The van der Waals surface area contributed by atoms with Crippen LogP contribution in [0.1, 0.15) is 112 Å². The molecule has 0 aromatic heterocycles. The largest absolute Gasteiger partial charge is 0.336 e. The van der Waals surface area contributed by atoms with Crippen LogP contribution in [0.5, 0.6) is 0 Å². The van der Waals surface area contributed by atoms with E-state index >= 15 is 0 Å². The van der Waals surface area contributed by atoms with Crippen molar-refractivity contribution in [3.8, 4) is 0 Å². The minimum absolute atomic E-state index is 0.159. The highest BCUT2D eigenvalue weighted by Gasteiger charge is 2.30. The number of unbranched alkanes of at least 4 members (excludes halogenated alkanes) is 10. The number of sulfonamides is 2. The van der Waals surface area contributed by atoms with Gasteiger partial charge in [0.1, 0.15) is 0 Å². The number of hydrogen-bond donors (Lipinski definition) is 0. The number of nitrogens with zero attached hydrogens (tertiary/aromatic N) is 4. The maximum absolute atomic E-state index is 13.1. The van der Waals surface area contributed by atoms with Gasteiger partial charge in [-0.15, -0.1) is 0 Å². The molecule has 12 heteroatoms. The summed E-state index contributed by atoms with van der Waals surface area (Å²) in [7, 11) is -6.64.